The van der Waals surface area contributed by atoms with Gasteiger partial charge in [0.15, 0.2) is 0 Å². The van der Waals surface area contributed by atoms with Crippen molar-refractivity contribution in [1.29, 1.82) is 0 Å². The quantitative estimate of drug-likeness (QED) is 0.884. The van der Waals surface area contributed by atoms with Gasteiger partial charge in [0, 0.05) is 18.2 Å². The number of anilines is 1. The zero-order chi connectivity index (χ0) is 16.8. The number of piperidine rings is 1. The Morgan fingerprint density at radius 1 is 1.04 bits per heavy atom. The van der Waals surface area contributed by atoms with Crippen LogP contribution in [0.25, 0.3) is 0 Å². The maximum absolute atomic E-state index is 13.7. The van der Waals surface area contributed by atoms with E-state index in [-0.39, 0.29) is 17.8 Å². The molecule has 0 aliphatic carbocycles. The minimum absolute atomic E-state index is 0.0407. The summed E-state index contributed by atoms with van der Waals surface area (Å²) < 4.78 is 13.7. The summed E-state index contributed by atoms with van der Waals surface area (Å²) in [5, 5.41) is 2.94. The minimum Gasteiger partial charge on any atom is -0.326 e. The number of nitrogens with one attached hydrogen (secondary N) is 1. The molecule has 2 aromatic carbocycles. The number of halogens is 1. The average Bonchev–Trinajstić information content (AvgIpc) is 2.61. The maximum Gasteiger partial charge on any atom is 0.226 e. The molecule has 3 nitrogen and oxygen atoms in total. The molecule has 0 bridgehead atoms. The Morgan fingerprint density at radius 3 is 2.50 bits per heavy atom. The fraction of sp³-hybridized carbons (Fsp3) is 0.350. The van der Waals surface area contributed by atoms with Gasteiger partial charge in [-0.15, -0.1) is 0 Å². The predicted octanol–water partition coefficient (Wildman–Crippen LogP) is 4.38. The largest absolute Gasteiger partial charge is 0.326 e. The molecule has 2 aromatic rings. The molecule has 1 aliphatic heterocycles. The smallest absolute Gasteiger partial charge is 0.226 e. The molecule has 1 amide bonds. The Morgan fingerprint density at radius 2 is 1.79 bits per heavy atom. The SMILES string of the molecule is O=C(C[C@@H](c1cccc(F)c1)N1CCCCC1)Nc1ccccc1. The lowest BCUT2D eigenvalue weighted by molar-refractivity contribution is -0.117. The van der Waals surface area contributed by atoms with E-state index in [1.807, 2.05) is 36.4 Å². The first-order chi connectivity index (χ1) is 11.7. The van der Waals surface area contributed by atoms with Crippen LogP contribution >= 0.6 is 0 Å². The second-order valence-corrected chi connectivity index (χ2v) is 6.29. The summed E-state index contributed by atoms with van der Waals surface area (Å²) in [6.07, 6.45) is 3.82. The van der Waals surface area contributed by atoms with Gasteiger partial charge in [0.05, 0.1) is 0 Å². The summed E-state index contributed by atoms with van der Waals surface area (Å²) >= 11 is 0. The van der Waals surface area contributed by atoms with Gasteiger partial charge < -0.3 is 5.32 Å². The van der Waals surface area contributed by atoms with Gasteiger partial charge in [-0.3, -0.25) is 9.69 Å². The van der Waals surface area contributed by atoms with E-state index in [2.05, 4.69) is 10.2 Å². The average molecular weight is 326 g/mol. The molecular formula is C20H23FN2O. The number of para-hydroxylation sites is 1. The van der Waals surface area contributed by atoms with Crippen molar-refractivity contribution < 1.29 is 9.18 Å². The lowest BCUT2D eigenvalue weighted by Crippen LogP contribution is -2.35. The maximum atomic E-state index is 13.7. The molecule has 0 aromatic heterocycles. The predicted molar refractivity (Wildman–Crippen MR) is 94.3 cm³/mol. The second-order valence-electron chi connectivity index (χ2n) is 6.29. The van der Waals surface area contributed by atoms with Crippen molar-refractivity contribution in [3.8, 4) is 0 Å². The van der Waals surface area contributed by atoms with E-state index < -0.39 is 0 Å². The van der Waals surface area contributed by atoms with Crippen molar-refractivity contribution in [1.82, 2.24) is 4.90 Å². The topological polar surface area (TPSA) is 32.3 Å². The van der Waals surface area contributed by atoms with Gasteiger partial charge in [-0.1, -0.05) is 36.8 Å². The number of likely N-dealkylation sites (tertiary alicyclic amines) is 1. The molecule has 1 N–H and O–H groups in total. The van der Waals surface area contributed by atoms with Gasteiger partial charge in [0.25, 0.3) is 0 Å². The molecule has 3 rings (SSSR count). The Balaban J connectivity index is 1.75. The van der Waals surface area contributed by atoms with Gasteiger partial charge in [-0.05, 0) is 55.8 Å². The van der Waals surface area contributed by atoms with Gasteiger partial charge >= 0.3 is 0 Å². The third kappa shape index (κ3) is 4.42. The zero-order valence-corrected chi connectivity index (χ0v) is 13.7. The van der Waals surface area contributed by atoms with Crippen LogP contribution in [0.1, 0.15) is 37.3 Å². The molecule has 126 valence electrons. The van der Waals surface area contributed by atoms with Crippen LogP contribution in [0.15, 0.2) is 54.6 Å². The number of nitrogens with zero attached hydrogens (tertiary/aromatic N) is 1. The Hall–Kier alpha value is -2.20. The van der Waals surface area contributed by atoms with Crippen LogP contribution in [0.4, 0.5) is 10.1 Å². The van der Waals surface area contributed by atoms with Crippen LogP contribution in [-0.2, 0) is 4.79 Å². The molecule has 0 unspecified atom stereocenters. The van der Waals surface area contributed by atoms with Crippen molar-refractivity contribution in [2.24, 2.45) is 0 Å². The first kappa shape index (κ1) is 16.7. The van der Waals surface area contributed by atoms with E-state index in [0.717, 1.165) is 37.2 Å². The van der Waals surface area contributed by atoms with Crippen molar-refractivity contribution in [2.75, 3.05) is 18.4 Å². The second kappa shape index (κ2) is 8.06. The highest BCUT2D eigenvalue weighted by atomic mass is 19.1. The lowest BCUT2D eigenvalue weighted by Gasteiger charge is -2.34. The number of amides is 1. The number of benzene rings is 2. The molecule has 0 radical (unpaired) electrons. The van der Waals surface area contributed by atoms with E-state index >= 15 is 0 Å². The Kier molecular flexibility index (Phi) is 5.59. The van der Waals surface area contributed by atoms with E-state index in [1.165, 1.54) is 12.5 Å². The molecule has 1 aliphatic rings. The fourth-order valence-electron chi connectivity index (χ4n) is 3.31. The van der Waals surface area contributed by atoms with Gasteiger partial charge in [0.2, 0.25) is 5.91 Å². The highest BCUT2D eigenvalue weighted by Crippen LogP contribution is 2.28. The summed E-state index contributed by atoms with van der Waals surface area (Å²) in [5.41, 5.74) is 1.67. The molecule has 24 heavy (non-hydrogen) atoms. The fourth-order valence-corrected chi connectivity index (χ4v) is 3.31. The molecule has 4 heteroatoms. The molecule has 1 heterocycles. The van der Waals surface area contributed by atoms with Crippen LogP contribution in [0.2, 0.25) is 0 Å². The van der Waals surface area contributed by atoms with Crippen molar-refractivity contribution in [2.45, 2.75) is 31.7 Å². The molecule has 1 atom stereocenters. The van der Waals surface area contributed by atoms with Crippen molar-refractivity contribution >= 4 is 11.6 Å². The third-order valence-electron chi connectivity index (χ3n) is 4.50. The molecule has 0 saturated carbocycles. The molecule has 1 fully saturated rings. The summed E-state index contributed by atoms with van der Waals surface area (Å²) in [5.74, 6) is -0.293. The monoisotopic (exact) mass is 326 g/mol. The lowest BCUT2D eigenvalue weighted by atomic mass is 9.98. The molecule has 0 spiro atoms. The summed E-state index contributed by atoms with van der Waals surface area (Å²) in [6.45, 7) is 1.92. The first-order valence-electron chi connectivity index (χ1n) is 8.57. The van der Waals surface area contributed by atoms with Gasteiger partial charge in [-0.2, -0.15) is 0 Å². The first-order valence-corrected chi connectivity index (χ1v) is 8.57. The van der Waals surface area contributed by atoms with Crippen LogP contribution in [0.5, 0.6) is 0 Å². The van der Waals surface area contributed by atoms with E-state index in [1.54, 1.807) is 12.1 Å². The normalized spacial score (nSPS) is 16.5. The number of carbonyl (C=O) groups is 1. The summed E-state index contributed by atoms with van der Waals surface area (Å²) in [6, 6.07) is 16.0. The van der Waals surface area contributed by atoms with E-state index in [0.29, 0.717) is 6.42 Å². The highest BCUT2D eigenvalue weighted by Gasteiger charge is 2.25. The minimum atomic E-state index is -0.252. The standard InChI is InChI=1S/C20H23FN2O/c21-17-9-7-8-16(14-17)19(23-12-5-2-6-13-23)15-20(24)22-18-10-3-1-4-11-18/h1,3-4,7-11,14,19H,2,5-6,12-13,15H2,(H,22,24)/t19-/m0/s1. The summed E-state index contributed by atoms with van der Waals surface area (Å²) in [4.78, 5) is 14.8. The number of hydrogen-bond donors (Lipinski definition) is 1. The van der Waals surface area contributed by atoms with Crippen LogP contribution in [0, 0.1) is 5.82 Å². The molecular weight excluding hydrogens is 303 g/mol. The Bertz CT molecular complexity index is 668. The number of carbonyl (C=O) groups excluding carboxylic acids is 1. The summed E-state index contributed by atoms with van der Waals surface area (Å²) in [7, 11) is 0. The van der Waals surface area contributed by atoms with E-state index in [4.69, 9.17) is 0 Å². The van der Waals surface area contributed by atoms with Crippen LogP contribution in [-0.4, -0.2) is 23.9 Å². The number of hydrogen-bond acceptors (Lipinski definition) is 2. The van der Waals surface area contributed by atoms with Crippen LogP contribution in [0.3, 0.4) is 0 Å². The molecule has 1 saturated heterocycles. The van der Waals surface area contributed by atoms with Gasteiger partial charge in [0.1, 0.15) is 5.82 Å². The zero-order valence-electron chi connectivity index (χ0n) is 13.7. The Labute approximate surface area is 142 Å². The third-order valence-corrected chi connectivity index (χ3v) is 4.50. The van der Waals surface area contributed by atoms with Gasteiger partial charge in [-0.25, -0.2) is 4.39 Å². The van der Waals surface area contributed by atoms with Crippen molar-refractivity contribution in [3.63, 3.8) is 0 Å². The van der Waals surface area contributed by atoms with E-state index in [9.17, 15) is 9.18 Å². The van der Waals surface area contributed by atoms with Crippen LogP contribution < -0.4 is 5.32 Å². The number of rotatable bonds is 5. The highest BCUT2D eigenvalue weighted by molar-refractivity contribution is 5.91. The van der Waals surface area contributed by atoms with Crippen molar-refractivity contribution in [3.05, 3.63) is 66.0 Å².